The molecule has 0 saturated carbocycles. The lowest BCUT2D eigenvalue weighted by molar-refractivity contribution is 0.0446. The number of benzene rings is 2. The molecule has 3 rings (SSSR count). The molecule has 0 amide bonds. The Morgan fingerprint density at radius 1 is 0.897 bits per heavy atom. The third-order valence-electron chi connectivity index (χ3n) is 5.25. The van der Waals surface area contributed by atoms with E-state index in [0.29, 0.717) is 13.2 Å². The lowest BCUT2D eigenvalue weighted by Gasteiger charge is -2.35. The molecule has 1 N–H and O–H groups in total. The van der Waals surface area contributed by atoms with Gasteiger partial charge in [0.15, 0.2) is 11.5 Å². The monoisotopic (exact) mass is 400 g/mol. The van der Waals surface area contributed by atoms with Gasteiger partial charge in [0, 0.05) is 39.3 Å². The first-order valence-electron chi connectivity index (χ1n) is 10.1. The van der Waals surface area contributed by atoms with Crippen LogP contribution in [0.1, 0.15) is 11.1 Å². The lowest BCUT2D eigenvalue weighted by Crippen LogP contribution is -2.48. The molecule has 1 saturated heterocycles. The molecule has 0 spiro atoms. The molecular formula is C23H32N2O4. The zero-order valence-electron chi connectivity index (χ0n) is 17.6. The van der Waals surface area contributed by atoms with E-state index in [-0.39, 0.29) is 0 Å². The normalized spacial score (nSPS) is 16.4. The quantitative estimate of drug-likeness (QED) is 0.698. The summed E-state index contributed by atoms with van der Waals surface area (Å²) < 4.78 is 16.4. The first-order chi connectivity index (χ1) is 14.1. The second-order valence-corrected chi connectivity index (χ2v) is 7.54. The summed E-state index contributed by atoms with van der Waals surface area (Å²) in [6.45, 7) is 7.70. The van der Waals surface area contributed by atoms with Crippen molar-refractivity contribution < 1.29 is 19.3 Å². The summed E-state index contributed by atoms with van der Waals surface area (Å²) in [5.41, 5.74) is 2.41. The molecule has 0 radical (unpaired) electrons. The molecule has 0 aromatic heterocycles. The van der Waals surface area contributed by atoms with E-state index >= 15 is 0 Å². The molecule has 6 heteroatoms. The minimum atomic E-state index is -0.492. The summed E-state index contributed by atoms with van der Waals surface area (Å²) in [7, 11) is 3.31. The molecule has 0 aliphatic carbocycles. The Kier molecular flexibility index (Phi) is 7.75. The number of aryl methyl sites for hydroxylation is 1. The van der Waals surface area contributed by atoms with Gasteiger partial charge in [0.2, 0.25) is 0 Å². The maximum atomic E-state index is 10.3. The minimum absolute atomic E-state index is 0.314. The van der Waals surface area contributed by atoms with Crippen molar-refractivity contribution in [1.29, 1.82) is 0 Å². The smallest absolute Gasteiger partial charge is 0.161 e. The van der Waals surface area contributed by atoms with Gasteiger partial charge in [-0.2, -0.15) is 0 Å². The number of aliphatic hydroxyl groups excluding tert-OH is 1. The van der Waals surface area contributed by atoms with Crippen LogP contribution >= 0.6 is 0 Å². The number of hydrogen-bond donors (Lipinski definition) is 1. The van der Waals surface area contributed by atoms with Crippen LogP contribution in [0.25, 0.3) is 0 Å². The predicted octanol–water partition coefficient (Wildman–Crippen LogP) is 2.57. The Bertz CT molecular complexity index is 758. The fourth-order valence-electron chi connectivity index (χ4n) is 3.54. The van der Waals surface area contributed by atoms with E-state index in [4.69, 9.17) is 14.2 Å². The number of piperazine rings is 1. The van der Waals surface area contributed by atoms with Crippen molar-refractivity contribution in [1.82, 2.24) is 9.80 Å². The molecule has 2 aromatic carbocycles. The molecule has 1 fully saturated rings. The van der Waals surface area contributed by atoms with Gasteiger partial charge in [-0.1, -0.05) is 23.8 Å². The highest BCUT2D eigenvalue weighted by Gasteiger charge is 2.20. The molecule has 1 unspecified atom stereocenters. The van der Waals surface area contributed by atoms with E-state index in [1.165, 1.54) is 11.1 Å². The summed E-state index contributed by atoms with van der Waals surface area (Å²) in [5.74, 6) is 2.32. The summed E-state index contributed by atoms with van der Waals surface area (Å²) >= 11 is 0. The van der Waals surface area contributed by atoms with Crippen molar-refractivity contribution in [2.45, 2.75) is 19.6 Å². The van der Waals surface area contributed by atoms with Crippen molar-refractivity contribution in [3.05, 3.63) is 53.6 Å². The van der Waals surface area contributed by atoms with Crippen molar-refractivity contribution in [2.24, 2.45) is 0 Å². The van der Waals surface area contributed by atoms with E-state index < -0.39 is 6.10 Å². The van der Waals surface area contributed by atoms with Crippen LogP contribution in [0, 0.1) is 6.92 Å². The lowest BCUT2D eigenvalue weighted by atomic mass is 10.1. The maximum absolute atomic E-state index is 10.3. The zero-order valence-corrected chi connectivity index (χ0v) is 17.6. The average Bonchev–Trinajstić information content (AvgIpc) is 2.74. The molecule has 29 heavy (non-hydrogen) atoms. The van der Waals surface area contributed by atoms with Crippen LogP contribution in [0.15, 0.2) is 42.5 Å². The van der Waals surface area contributed by atoms with Gasteiger partial charge in [-0.25, -0.2) is 0 Å². The fourth-order valence-corrected chi connectivity index (χ4v) is 3.54. The molecular weight excluding hydrogens is 368 g/mol. The number of β-amino-alcohol motifs (C(OH)–C–C–N with tert-alkyl or cyclic N) is 1. The molecule has 0 bridgehead atoms. The highest BCUT2D eigenvalue weighted by molar-refractivity contribution is 5.42. The minimum Gasteiger partial charge on any atom is -0.493 e. The van der Waals surface area contributed by atoms with E-state index in [2.05, 4.69) is 15.9 Å². The molecule has 1 aliphatic heterocycles. The molecule has 1 atom stereocenters. The third kappa shape index (κ3) is 6.35. The van der Waals surface area contributed by atoms with Crippen LogP contribution in [0.2, 0.25) is 0 Å². The van der Waals surface area contributed by atoms with E-state index in [0.717, 1.165) is 50.0 Å². The Labute approximate surface area is 173 Å². The Morgan fingerprint density at radius 3 is 2.21 bits per heavy atom. The van der Waals surface area contributed by atoms with E-state index in [1.54, 1.807) is 14.2 Å². The molecule has 1 aliphatic rings. The number of ether oxygens (including phenoxy) is 3. The predicted molar refractivity (Wildman–Crippen MR) is 114 cm³/mol. The summed E-state index contributed by atoms with van der Waals surface area (Å²) in [4.78, 5) is 4.72. The van der Waals surface area contributed by atoms with Gasteiger partial charge in [0.25, 0.3) is 0 Å². The summed E-state index contributed by atoms with van der Waals surface area (Å²) in [6.07, 6.45) is -0.492. The second-order valence-electron chi connectivity index (χ2n) is 7.54. The highest BCUT2D eigenvalue weighted by atomic mass is 16.5. The largest absolute Gasteiger partial charge is 0.493 e. The average molecular weight is 401 g/mol. The summed E-state index contributed by atoms with van der Waals surface area (Å²) in [5, 5.41) is 10.3. The number of hydrogen-bond acceptors (Lipinski definition) is 6. The number of rotatable bonds is 9. The number of aliphatic hydroxyl groups is 1. The highest BCUT2D eigenvalue weighted by Crippen LogP contribution is 2.28. The molecule has 2 aromatic rings. The zero-order chi connectivity index (χ0) is 20.6. The van der Waals surface area contributed by atoms with Gasteiger partial charge in [-0.05, 0) is 36.8 Å². The van der Waals surface area contributed by atoms with Crippen molar-refractivity contribution >= 4 is 0 Å². The van der Waals surface area contributed by atoms with Crippen LogP contribution in [-0.2, 0) is 6.54 Å². The Balaban J connectivity index is 1.40. The first-order valence-corrected chi connectivity index (χ1v) is 10.1. The number of methoxy groups -OCH3 is 2. The SMILES string of the molecule is COc1ccc(CN2CCN(CC(O)COc3ccc(C)cc3)CC2)cc1OC. The van der Waals surface area contributed by atoms with E-state index in [9.17, 15) is 5.11 Å². The third-order valence-corrected chi connectivity index (χ3v) is 5.25. The Hall–Kier alpha value is -2.28. The fraction of sp³-hybridized carbons (Fsp3) is 0.478. The van der Waals surface area contributed by atoms with Gasteiger partial charge in [0.1, 0.15) is 18.5 Å². The number of nitrogens with zero attached hydrogens (tertiary/aromatic N) is 2. The van der Waals surface area contributed by atoms with Crippen LogP contribution in [0.5, 0.6) is 17.2 Å². The van der Waals surface area contributed by atoms with Gasteiger partial charge in [0.05, 0.1) is 14.2 Å². The van der Waals surface area contributed by atoms with Crippen molar-refractivity contribution in [3.8, 4) is 17.2 Å². The maximum Gasteiger partial charge on any atom is 0.161 e. The van der Waals surface area contributed by atoms with Crippen LogP contribution in [0.4, 0.5) is 0 Å². The topological polar surface area (TPSA) is 54.4 Å². The summed E-state index contributed by atoms with van der Waals surface area (Å²) in [6, 6.07) is 14.0. The van der Waals surface area contributed by atoms with Crippen molar-refractivity contribution in [2.75, 3.05) is 53.6 Å². The first kappa shape index (κ1) is 21.4. The second kappa shape index (κ2) is 10.5. The molecule has 6 nitrogen and oxygen atoms in total. The van der Waals surface area contributed by atoms with Crippen molar-refractivity contribution in [3.63, 3.8) is 0 Å². The van der Waals surface area contributed by atoms with Gasteiger partial charge < -0.3 is 19.3 Å². The molecule has 158 valence electrons. The standard InChI is InChI=1S/C23H32N2O4/c1-18-4-7-21(8-5-18)29-17-20(26)16-25-12-10-24(11-13-25)15-19-6-9-22(27-2)23(14-19)28-3/h4-9,14,20,26H,10-13,15-17H2,1-3H3. The van der Waals surface area contributed by atoms with Crippen LogP contribution < -0.4 is 14.2 Å². The Morgan fingerprint density at radius 2 is 1.55 bits per heavy atom. The van der Waals surface area contributed by atoms with E-state index in [1.807, 2.05) is 43.3 Å². The van der Waals surface area contributed by atoms with Gasteiger partial charge in [-0.15, -0.1) is 0 Å². The van der Waals surface area contributed by atoms with Crippen LogP contribution in [0.3, 0.4) is 0 Å². The molecule has 1 heterocycles. The van der Waals surface area contributed by atoms with Crippen LogP contribution in [-0.4, -0.2) is 74.6 Å². The van der Waals surface area contributed by atoms with Gasteiger partial charge >= 0.3 is 0 Å². The van der Waals surface area contributed by atoms with Gasteiger partial charge in [-0.3, -0.25) is 9.80 Å².